The van der Waals surface area contributed by atoms with Crippen LogP contribution >= 0.6 is 0 Å². The first-order valence-corrected chi connectivity index (χ1v) is 8.14. The van der Waals surface area contributed by atoms with E-state index in [1.54, 1.807) is 7.11 Å². The second kappa shape index (κ2) is 7.92. The fraction of sp³-hybridized carbons (Fsp3) is 0.667. The zero-order valence-electron chi connectivity index (χ0n) is 13.5. The summed E-state index contributed by atoms with van der Waals surface area (Å²) in [5, 5.41) is 0. The number of ether oxygens (including phenoxy) is 2. The Morgan fingerprint density at radius 3 is 2.71 bits per heavy atom. The molecule has 1 aliphatic carbocycles. The van der Waals surface area contributed by atoms with E-state index < -0.39 is 0 Å². The van der Waals surface area contributed by atoms with Crippen molar-refractivity contribution >= 4 is 0 Å². The molecule has 0 bridgehead atoms. The molecule has 3 heteroatoms. The third kappa shape index (κ3) is 4.53. The number of rotatable bonds is 6. The number of methoxy groups -OCH3 is 1. The zero-order valence-corrected chi connectivity index (χ0v) is 13.5. The molecule has 4 unspecified atom stereocenters. The number of benzene rings is 1. The van der Waals surface area contributed by atoms with E-state index in [4.69, 9.17) is 15.2 Å². The molecule has 0 aromatic heterocycles. The molecule has 1 fully saturated rings. The highest BCUT2D eigenvalue weighted by Gasteiger charge is 2.28. The van der Waals surface area contributed by atoms with Crippen molar-refractivity contribution in [2.24, 2.45) is 5.73 Å². The van der Waals surface area contributed by atoms with Crippen molar-refractivity contribution in [2.75, 3.05) is 7.11 Å². The van der Waals surface area contributed by atoms with E-state index >= 15 is 0 Å². The smallest absolute Gasteiger partial charge is 0.0979 e. The highest BCUT2D eigenvalue weighted by atomic mass is 16.5. The van der Waals surface area contributed by atoms with Crippen LogP contribution in [0.25, 0.3) is 0 Å². The minimum absolute atomic E-state index is 0.0180. The van der Waals surface area contributed by atoms with Crippen LogP contribution in [0.3, 0.4) is 0 Å². The molecular weight excluding hydrogens is 262 g/mol. The standard InChI is InChI=1S/C18H29NO2/c1-4-17(19)18(14-8-5-7-13(2)11-14)21-16-10-6-9-15(12-16)20-3/h5,7-8,11,15-18H,4,6,9-10,12,19H2,1-3H3. The summed E-state index contributed by atoms with van der Waals surface area (Å²) < 4.78 is 11.9. The topological polar surface area (TPSA) is 44.5 Å². The maximum Gasteiger partial charge on any atom is 0.0979 e. The van der Waals surface area contributed by atoms with E-state index in [1.165, 1.54) is 17.5 Å². The summed E-state index contributed by atoms with van der Waals surface area (Å²) in [5.41, 5.74) is 8.78. The van der Waals surface area contributed by atoms with Crippen LogP contribution in [0.5, 0.6) is 0 Å². The van der Waals surface area contributed by atoms with Crippen LogP contribution in [0.1, 0.15) is 56.3 Å². The second-order valence-electron chi connectivity index (χ2n) is 6.19. The molecule has 0 spiro atoms. The maximum absolute atomic E-state index is 6.41. The summed E-state index contributed by atoms with van der Waals surface area (Å²) in [6.07, 6.45) is 5.89. The fourth-order valence-corrected chi connectivity index (χ4v) is 3.13. The van der Waals surface area contributed by atoms with Gasteiger partial charge in [-0.15, -0.1) is 0 Å². The lowest BCUT2D eigenvalue weighted by Gasteiger charge is -2.33. The summed E-state index contributed by atoms with van der Waals surface area (Å²) >= 11 is 0. The van der Waals surface area contributed by atoms with Gasteiger partial charge in [0.05, 0.1) is 18.3 Å². The van der Waals surface area contributed by atoms with Crippen molar-refractivity contribution in [3.05, 3.63) is 35.4 Å². The van der Waals surface area contributed by atoms with E-state index in [9.17, 15) is 0 Å². The third-order valence-corrected chi connectivity index (χ3v) is 4.48. The summed E-state index contributed by atoms with van der Waals surface area (Å²) in [7, 11) is 1.79. The molecule has 1 aromatic carbocycles. The largest absolute Gasteiger partial charge is 0.381 e. The average Bonchev–Trinajstić information content (AvgIpc) is 2.52. The zero-order chi connectivity index (χ0) is 15.2. The van der Waals surface area contributed by atoms with Crippen LogP contribution in [-0.2, 0) is 9.47 Å². The van der Waals surface area contributed by atoms with E-state index in [-0.39, 0.29) is 18.2 Å². The Labute approximate surface area is 128 Å². The third-order valence-electron chi connectivity index (χ3n) is 4.48. The van der Waals surface area contributed by atoms with Crippen LogP contribution in [0.2, 0.25) is 0 Å². The molecule has 0 heterocycles. The summed E-state index contributed by atoms with van der Waals surface area (Å²) in [5.74, 6) is 0. The van der Waals surface area contributed by atoms with Gasteiger partial charge in [-0.25, -0.2) is 0 Å². The van der Waals surface area contributed by atoms with Crippen LogP contribution < -0.4 is 5.73 Å². The molecule has 21 heavy (non-hydrogen) atoms. The SMILES string of the molecule is CCC(N)C(OC1CCCC(OC)C1)c1cccc(C)c1. The molecule has 0 radical (unpaired) electrons. The molecule has 3 nitrogen and oxygen atoms in total. The molecule has 2 N–H and O–H groups in total. The van der Waals surface area contributed by atoms with Crippen molar-refractivity contribution in [2.45, 2.75) is 70.3 Å². The monoisotopic (exact) mass is 291 g/mol. The molecule has 1 aliphatic rings. The summed E-state index contributed by atoms with van der Waals surface area (Å²) in [6.45, 7) is 4.23. The average molecular weight is 291 g/mol. The van der Waals surface area contributed by atoms with Gasteiger partial charge in [-0.05, 0) is 44.6 Å². The van der Waals surface area contributed by atoms with E-state index in [2.05, 4.69) is 38.1 Å². The first-order valence-electron chi connectivity index (χ1n) is 8.14. The summed E-state index contributed by atoms with van der Waals surface area (Å²) in [4.78, 5) is 0. The lowest BCUT2D eigenvalue weighted by molar-refractivity contribution is -0.0745. The van der Waals surface area contributed by atoms with Gasteiger partial charge in [-0.1, -0.05) is 36.8 Å². The van der Waals surface area contributed by atoms with Crippen LogP contribution in [0.15, 0.2) is 24.3 Å². The fourth-order valence-electron chi connectivity index (χ4n) is 3.13. The molecule has 1 aromatic rings. The van der Waals surface area contributed by atoms with Crippen LogP contribution in [0, 0.1) is 6.92 Å². The van der Waals surface area contributed by atoms with E-state index in [1.807, 2.05) is 0 Å². The lowest BCUT2D eigenvalue weighted by atomic mass is 9.93. The van der Waals surface area contributed by atoms with Crippen molar-refractivity contribution < 1.29 is 9.47 Å². The van der Waals surface area contributed by atoms with Gasteiger partial charge < -0.3 is 15.2 Å². The van der Waals surface area contributed by atoms with Crippen molar-refractivity contribution in [1.29, 1.82) is 0 Å². The maximum atomic E-state index is 6.41. The van der Waals surface area contributed by atoms with Gasteiger partial charge in [-0.3, -0.25) is 0 Å². The molecule has 2 rings (SSSR count). The Balaban J connectivity index is 2.09. The van der Waals surface area contributed by atoms with E-state index in [0.717, 1.165) is 25.7 Å². The Bertz CT molecular complexity index is 435. The first kappa shape index (κ1) is 16.5. The first-order chi connectivity index (χ1) is 10.1. The van der Waals surface area contributed by atoms with Crippen molar-refractivity contribution in [3.8, 4) is 0 Å². The normalized spacial score (nSPS) is 25.5. The minimum Gasteiger partial charge on any atom is -0.381 e. The van der Waals surface area contributed by atoms with Gasteiger partial charge in [0.15, 0.2) is 0 Å². The summed E-state index contributed by atoms with van der Waals surface area (Å²) in [6, 6.07) is 8.55. The highest BCUT2D eigenvalue weighted by Crippen LogP contribution is 2.30. The quantitative estimate of drug-likeness (QED) is 0.868. The van der Waals surface area contributed by atoms with Crippen LogP contribution in [0.4, 0.5) is 0 Å². The number of aryl methyl sites for hydroxylation is 1. The molecule has 0 saturated heterocycles. The second-order valence-corrected chi connectivity index (χ2v) is 6.19. The minimum atomic E-state index is -0.0180. The Hall–Kier alpha value is -0.900. The number of hydrogen-bond donors (Lipinski definition) is 1. The van der Waals surface area contributed by atoms with Crippen molar-refractivity contribution in [1.82, 2.24) is 0 Å². The lowest BCUT2D eigenvalue weighted by Crippen LogP contribution is -2.35. The predicted octanol–water partition coefficient (Wildman–Crippen LogP) is 3.75. The van der Waals surface area contributed by atoms with E-state index in [0.29, 0.717) is 6.10 Å². The van der Waals surface area contributed by atoms with Crippen molar-refractivity contribution in [3.63, 3.8) is 0 Å². The molecule has 4 atom stereocenters. The number of nitrogens with two attached hydrogens (primary N) is 1. The van der Waals surface area contributed by atoms with Gasteiger partial charge >= 0.3 is 0 Å². The molecule has 1 saturated carbocycles. The Kier molecular flexibility index (Phi) is 6.22. The van der Waals surface area contributed by atoms with Gasteiger partial charge in [0.2, 0.25) is 0 Å². The Morgan fingerprint density at radius 1 is 1.29 bits per heavy atom. The van der Waals surface area contributed by atoms with Gasteiger partial charge in [-0.2, -0.15) is 0 Å². The van der Waals surface area contributed by atoms with Gasteiger partial charge in [0.25, 0.3) is 0 Å². The highest BCUT2D eigenvalue weighted by molar-refractivity contribution is 5.25. The molecule has 118 valence electrons. The Morgan fingerprint density at radius 2 is 2.05 bits per heavy atom. The molecule has 0 aliphatic heterocycles. The predicted molar refractivity (Wildman–Crippen MR) is 86.3 cm³/mol. The number of hydrogen-bond acceptors (Lipinski definition) is 3. The molecule has 0 amide bonds. The van der Waals surface area contributed by atoms with Crippen LogP contribution in [-0.4, -0.2) is 25.4 Å². The molecular formula is C18H29NO2. The van der Waals surface area contributed by atoms with Gasteiger partial charge in [0, 0.05) is 13.2 Å². The van der Waals surface area contributed by atoms with Gasteiger partial charge in [0.1, 0.15) is 0 Å².